The van der Waals surface area contributed by atoms with Gasteiger partial charge in [-0.15, -0.1) is 0 Å². The molecule has 0 atom stereocenters. The van der Waals surface area contributed by atoms with Gasteiger partial charge in [0.1, 0.15) is 0 Å². The average Bonchev–Trinajstić information content (AvgIpc) is 4.02. The number of rotatable bonds is 4. The van der Waals surface area contributed by atoms with Gasteiger partial charge in [0, 0.05) is 66.5 Å². The maximum Gasteiger partial charge on any atom is 0.0782 e. The summed E-state index contributed by atoms with van der Waals surface area (Å²) in [6.45, 7) is 4.76. The van der Waals surface area contributed by atoms with E-state index >= 15 is 0 Å². The largest absolute Gasteiger partial charge is 0.310 e. The monoisotopic (exact) mass is 906 g/mol. The van der Waals surface area contributed by atoms with E-state index in [4.69, 9.17) is 0 Å². The first-order chi connectivity index (χ1) is 35.0. The average molecular weight is 907 g/mol. The van der Waals surface area contributed by atoms with Crippen LogP contribution in [0.5, 0.6) is 0 Å². The minimum Gasteiger partial charge on any atom is -0.310 e. The Hall–Kier alpha value is -9.12. The van der Waals surface area contributed by atoms with Crippen molar-refractivity contribution >= 4 is 88.5 Å². The molecule has 4 nitrogen and oxygen atoms in total. The fourth-order valence-corrected chi connectivity index (χ4v) is 12.3. The zero-order valence-corrected chi connectivity index (χ0v) is 39.4. The Morgan fingerprint density at radius 1 is 0.296 bits per heavy atom. The van der Waals surface area contributed by atoms with Crippen LogP contribution in [0.1, 0.15) is 25.0 Å². The van der Waals surface area contributed by atoms with E-state index in [0.29, 0.717) is 0 Å². The molecule has 2 aromatic heterocycles. The van der Waals surface area contributed by atoms with E-state index in [1.807, 2.05) is 0 Å². The summed E-state index contributed by atoms with van der Waals surface area (Å²) >= 11 is 0. The van der Waals surface area contributed by atoms with E-state index < -0.39 is 0 Å². The number of anilines is 6. The van der Waals surface area contributed by atoms with Crippen molar-refractivity contribution in [3.63, 3.8) is 0 Å². The number of hydrogen-bond acceptors (Lipinski definition) is 2. The van der Waals surface area contributed by atoms with Crippen molar-refractivity contribution < 1.29 is 0 Å². The topological polar surface area (TPSA) is 16.3 Å². The molecule has 2 aliphatic rings. The smallest absolute Gasteiger partial charge is 0.0782 e. The van der Waals surface area contributed by atoms with Gasteiger partial charge in [0.25, 0.3) is 0 Å². The molecule has 334 valence electrons. The van der Waals surface area contributed by atoms with Gasteiger partial charge in [-0.05, 0) is 142 Å². The molecule has 0 saturated heterocycles. The van der Waals surface area contributed by atoms with E-state index in [2.05, 4.69) is 275 Å². The molecular formula is C67H46N4. The second-order valence-corrected chi connectivity index (χ2v) is 19.8. The van der Waals surface area contributed by atoms with Crippen LogP contribution in [-0.2, 0) is 5.41 Å². The van der Waals surface area contributed by atoms with Crippen LogP contribution in [0.15, 0.2) is 243 Å². The number of hydrogen-bond donors (Lipinski definition) is 0. The van der Waals surface area contributed by atoms with Crippen LogP contribution in [0.3, 0.4) is 0 Å². The number of nitrogens with zero attached hydrogens (tertiary/aromatic N) is 4. The first-order valence-corrected chi connectivity index (χ1v) is 24.7. The SMILES string of the molecule is CC1(C)c2ccc3cc2-c2cc(ccc21)N(c1cccc2c4ccccc4n(-c4cccc5ccccc45)c12)c1cccc(c1)-c1cccc(c1)N3c1ccc2c(c1)c1ccccc1n2-c1ccccc1. The van der Waals surface area contributed by atoms with Gasteiger partial charge in [-0.25, -0.2) is 0 Å². The lowest BCUT2D eigenvalue weighted by atomic mass is 9.82. The molecule has 3 heterocycles. The molecule has 71 heavy (non-hydrogen) atoms. The van der Waals surface area contributed by atoms with Crippen molar-refractivity contribution in [3.8, 4) is 33.6 Å². The Balaban J connectivity index is 0.990. The van der Waals surface area contributed by atoms with Crippen LogP contribution < -0.4 is 9.80 Å². The molecule has 0 fully saturated rings. The highest BCUT2D eigenvalue weighted by atomic mass is 15.2. The summed E-state index contributed by atoms with van der Waals surface area (Å²) in [6, 6.07) is 90.3. The summed E-state index contributed by atoms with van der Waals surface area (Å²) in [5, 5.41) is 7.33. The maximum absolute atomic E-state index is 2.50. The van der Waals surface area contributed by atoms with Crippen LogP contribution in [0.4, 0.5) is 34.1 Å². The highest BCUT2D eigenvalue weighted by Crippen LogP contribution is 2.54. The summed E-state index contributed by atoms with van der Waals surface area (Å²) in [5.41, 5.74) is 21.0. The highest BCUT2D eigenvalue weighted by molar-refractivity contribution is 6.16. The summed E-state index contributed by atoms with van der Waals surface area (Å²) in [7, 11) is 0. The van der Waals surface area contributed by atoms with Crippen molar-refractivity contribution in [1.82, 2.24) is 9.13 Å². The van der Waals surface area contributed by atoms with E-state index in [-0.39, 0.29) is 5.41 Å². The third-order valence-corrected chi connectivity index (χ3v) is 15.6. The highest BCUT2D eigenvalue weighted by Gasteiger charge is 2.37. The molecule has 0 saturated carbocycles. The third-order valence-electron chi connectivity index (χ3n) is 15.6. The normalized spacial score (nSPS) is 13.5. The minimum absolute atomic E-state index is 0.204. The second-order valence-electron chi connectivity index (χ2n) is 19.8. The number of aromatic nitrogens is 2. The molecule has 0 unspecified atom stereocenters. The van der Waals surface area contributed by atoms with Gasteiger partial charge >= 0.3 is 0 Å². The van der Waals surface area contributed by atoms with Gasteiger partial charge in [-0.2, -0.15) is 0 Å². The van der Waals surface area contributed by atoms with Crippen molar-refractivity contribution in [3.05, 3.63) is 254 Å². The van der Waals surface area contributed by atoms with Crippen LogP contribution in [-0.4, -0.2) is 9.13 Å². The molecule has 1 aliphatic heterocycles. The van der Waals surface area contributed by atoms with Crippen LogP contribution >= 0.6 is 0 Å². The summed E-state index contributed by atoms with van der Waals surface area (Å²) < 4.78 is 4.90. The molecule has 8 bridgehead atoms. The van der Waals surface area contributed by atoms with Crippen LogP contribution in [0, 0.1) is 0 Å². The summed E-state index contributed by atoms with van der Waals surface area (Å²) in [6.07, 6.45) is 0. The molecule has 0 radical (unpaired) electrons. The van der Waals surface area contributed by atoms with Crippen molar-refractivity contribution in [2.45, 2.75) is 19.3 Å². The van der Waals surface area contributed by atoms with Gasteiger partial charge < -0.3 is 18.9 Å². The summed E-state index contributed by atoms with van der Waals surface area (Å²) in [5.74, 6) is 0. The van der Waals surface area contributed by atoms with Crippen molar-refractivity contribution in [1.29, 1.82) is 0 Å². The minimum atomic E-state index is -0.204. The zero-order chi connectivity index (χ0) is 47.0. The van der Waals surface area contributed by atoms with Gasteiger partial charge in [0.2, 0.25) is 0 Å². The molecule has 1 aliphatic carbocycles. The Kier molecular flexibility index (Phi) is 8.38. The zero-order valence-electron chi connectivity index (χ0n) is 39.4. The predicted molar refractivity (Wildman–Crippen MR) is 299 cm³/mol. The third kappa shape index (κ3) is 5.79. The first kappa shape index (κ1) is 39.8. The lowest BCUT2D eigenvalue weighted by Crippen LogP contribution is -2.16. The molecule has 15 rings (SSSR count). The first-order valence-electron chi connectivity index (χ1n) is 24.7. The fraction of sp³-hybridized carbons (Fsp3) is 0.0448. The molecule has 0 spiro atoms. The molecular weight excluding hydrogens is 861 g/mol. The molecule has 13 aromatic rings. The van der Waals surface area contributed by atoms with Gasteiger partial charge in [0.15, 0.2) is 0 Å². The van der Waals surface area contributed by atoms with Crippen molar-refractivity contribution in [2.75, 3.05) is 9.80 Å². The standard InChI is InChI=1S/C67H46N4/c1-67(2)59-35-32-49-40-56(59)57-41-51(33-36-60(57)67)69(65-31-15-27-55-53-25-8-11-29-63(53)71(66(55)65)61-30-14-17-43-16-6-7-24-52(43)61)48-23-13-19-45(39-48)44-18-12-22-47(38-44)68(49)50-34-37-64-58(42-50)54-26-9-10-28-62(54)70(64)46-20-4-3-5-21-46/h3-42H,1-2H3. The van der Waals surface area contributed by atoms with E-state index in [1.165, 1.54) is 76.6 Å². The Morgan fingerprint density at radius 3 is 1.51 bits per heavy atom. The van der Waals surface area contributed by atoms with Crippen LogP contribution in [0.2, 0.25) is 0 Å². The van der Waals surface area contributed by atoms with Crippen molar-refractivity contribution in [2.24, 2.45) is 0 Å². The maximum atomic E-state index is 2.50. The molecule has 4 heteroatoms. The lowest BCUT2D eigenvalue weighted by Gasteiger charge is -2.29. The van der Waals surface area contributed by atoms with Gasteiger partial charge in [-0.3, -0.25) is 0 Å². The summed E-state index contributed by atoms with van der Waals surface area (Å²) in [4.78, 5) is 4.96. The molecule has 11 aromatic carbocycles. The fourth-order valence-electron chi connectivity index (χ4n) is 12.3. The quantitative estimate of drug-likeness (QED) is 0.175. The predicted octanol–water partition coefficient (Wildman–Crippen LogP) is 18.3. The Bertz CT molecular complexity index is 4340. The van der Waals surface area contributed by atoms with Crippen LogP contribution in [0.25, 0.3) is 88.0 Å². The Labute approximate surface area is 412 Å². The number of para-hydroxylation sites is 4. The Morgan fingerprint density at radius 2 is 0.775 bits per heavy atom. The number of fused-ring (bicyclic) bond motifs is 14. The van der Waals surface area contributed by atoms with E-state index in [1.54, 1.807) is 0 Å². The lowest BCUT2D eigenvalue weighted by molar-refractivity contribution is 0.660. The molecule has 0 N–H and O–H groups in total. The van der Waals surface area contributed by atoms with E-state index in [9.17, 15) is 0 Å². The molecule has 0 amide bonds. The van der Waals surface area contributed by atoms with Gasteiger partial charge in [-0.1, -0.05) is 153 Å². The second kappa shape index (κ2) is 14.9. The van der Waals surface area contributed by atoms with Gasteiger partial charge in [0.05, 0.1) is 33.4 Å². The number of benzene rings is 11. The van der Waals surface area contributed by atoms with E-state index in [0.717, 1.165) is 56.6 Å².